The molecule has 0 aliphatic carbocycles. The van der Waals surface area contributed by atoms with E-state index in [1.54, 1.807) is 13.8 Å². The van der Waals surface area contributed by atoms with E-state index in [4.69, 9.17) is 10.8 Å². The number of aliphatic carboxylic acids is 1. The van der Waals surface area contributed by atoms with Gasteiger partial charge in [-0.1, -0.05) is 0 Å². The number of hydrogen-bond donors (Lipinski definition) is 3. The number of carboxylic acids is 1. The summed E-state index contributed by atoms with van der Waals surface area (Å²) in [6.07, 6.45) is -0.0849. The predicted octanol–water partition coefficient (Wildman–Crippen LogP) is -0.687. The number of amides is 1. The van der Waals surface area contributed by atoms with E-state index >= 15 is 0 Å². The third kappa shape index (κ3) is 4.68. The van der Waals surface area contributed by atoms with Gasteiger partial charge in [0.25, 0.3) is 0 Å². The van der Waals surface area contributed by atoms with Crippen LogP contribution in [0.4, 0.5) is 0 Å². The lowest BCUT2D eigenvalue weighted by Crippen LogP contribution is -2.43. The maximum absolute atomic E-state index is 10.9. The first-order chi connectivity index (χ1) is 5.43. The van der Waals surface area contributed by atoms with Crippen molar-refractivity contribution in [3.63, 3.8) is 0 Å². The average Bonchev–Trinajstić information content (AvgIpc) is 1.84. The number of hydrogen-bond acceptors (Lipinski definition) is 3. The summed E-state index contributed by atoms with van der Waals surface area (Å²) in [5.74, 6) is -1.27. The van der Waals surface area contributed by atoms with E-state index in [0.717, 1.165) is 0 Å². The van der Waals surface area contributed by atoms with Crippen molar-refractivity contribution in [2.75, 3.05) is 0 Å². The fourth-order valence-corrected chi connectivity index (χ4v) is 0.687. The molecular formula is C7H14N2O3. The molecule has 4 N–H and O–H groups in total. The second-order valence-electron chi connectivity index (χ2n) is 2.80. The van der Waals surface area contributed by atoms with Crippen molar-refractivity contribution in [3.05, 3.63) is 0 Å². The van der Waals surface area contributed by atoms with E-state index in [2.05, 4.69) is 5.32 Å². The molecule has 0 aliphatic rings. The molecule has 1 amide bonds. The van der Waals surface area contributed by atoms with Crippen LogP contribution in [-0.4, -0.2) is 29.1 Å². The van der Waals surface area contributed by atoms with Gasteiger partial charge in [0.1, 0.15) is 0 Å². The molecular weight excluding hydrogens is 160 g/mol. The summed E-state index contributed by atoms with van der Waals surface area (Å²) in [7, 11) is 0. The van der Waals surface area contributed by atoms with E-state index < -0.39 is 12.0 Å². The zero-order valence-electron chi connectivity index (χ0n) is 7.20. The van der Waals surface area contributed by atoms with Gasteiger partial charge in [-0.3, -0.25) is 9.59 Å². The Morgan fingerprint density at radius 2 is 2.00 bits per heavy atom. The lowest BCUT2D eigenvalue weighted by atomic mass is 10.2. The number of carboxylic acid groups (broad SMARTS) is 1. The van der Waals surface area contributed by atoms with Crippen LogP contribution in [0.25, 0.3) is 0 Å². The zero-order chi connectivity index (χ0) is 9.72. The van der Waals surface area contributed by atoms with Gasteiger partial charge >= 0.3 is 5.97 Å². The maximum atomic E-state index is 10.9. The van der Waals surface area contributed by atoms with Gasteiger partial charge < -0.3 is 16.2 Å². The summed E-state index contributed by atoms with van der Waals surface area (Å²) in [5, 5.41) is 10.8. The highest BCUT2D eigenvalue weighted by molar-refractivity contribution is 5.81. The number of rotatable bonds is 4. The van der Waals surface area contributed by atoms with Gasteiger partial charge in [-0.05, 0) is 13.8 Å². The van der Waals surface area contributed by atoms with Gasteiger partial charge in [0.2, 0.25) is 5.91 Å². The van der Waals surface area contributed by atoms with Crippen molar-refractivity contribution in [2.45, 2.75) is 32.4 Å². The highest BCUT2D eigenvalue weighted by Gasteiger charge is 2.12. The van der Waals surface area contributed by atoms with Crippen LogP contribution in [0.5, 0.6) is 0 Å². The first kappa shape index (κ1) is 10.9. The fraction of sp³-hybridized carbons (Fsp3) is 0.714. The highest BCUT2D eigenvalue weighted by Crippen LogP contribution is 1.90. The Bertz CT molecular complexity index is 179. The molecule has 2 atom stereocenters. The minimum absolute atomic E-state index is 0.0849. The molecule has 70 valence electrons. The molecule has 0 spiro atoms. The molecule has 0 saturated heterocycles. The molecule has 12 heavy (non-hydrogen) atoms. The van der Waals surface area contributed by atoms with E-state index in [1.165, 1.54) is 0 Å². The topological polar surface area (TPSA) is 92.4 Å². The van der Waals surface area contributed by atoms with Crippen molar-refractivity contribution >= 4 is 11.9 Å². The normalized spacial score (nSPS) is 14.9. The molecule has 5 nitrogen and oxygen atoms in total. The Labute approximate surface area is 70.9 Å². The highest BCUT2D eigenvalue weighted by atomic mass is 16.4. The smallest absolute Gasteiger partial charge is 0.305 e. The second kappa shape index (κ2) is 4.71. The van der Waals surface area contributed by atoms with Crippen LogP contribution in [0.15, 0.2) is 0 Å². The number of nitrogens with two attached hydrogens (primary N) is 1. The summed E-state index contributed by atoms with van der Waals surface area (Å²) in [4.78, 5) is 21.1. The summed E-state index contributed by atoms with van der Waals surface area (Å²) in [6, 6.07) is -0.970. The summed E-state index contributed by atoms with van der Waals surface area (Å²) in [5.41, 5.74) is 5.26. The van der Waals surface area contributed by atoms with Gasteiger partial charge in [-0.2, -0.15) is 0 Å². The molecule has 0 saturated carbocycles. The van der Waals surface area contributed by atoms with Crippen LogP contribution in [0.3, 0.4) is 0 Å². The minimum Gasteiger partial charge on any atom is -0.481 e. The summed E-state index contributed by atoms with van der Waals surface area (Å²) in [6.45, 7) is 3.16. The van der Waals surface area contributed by atoms with Crippen molar-refractivity contribution in [1.82, 2.24) is 5.32 Å². The Morgan fingerprint density at radius 1 is 1.50 bits per heavy atom. The lowest BCUT2D eigenvalue weighted by Gasteiger charge is -2.12. The molecule has 2 unspecified atom stereocenters. The van der Waals surface area contributed by atoms with Gasteiger partial charge in [-0.25, -0.2) is 0 Å². The number of carbonyl (C=O) groups is 2. The molecule has 0 aromatic carbocycles. The largest absolute Gasteiger partial charge is 0.481 e. The number of nitrogens with one attached hydrogen (secondary N) is 1. The SMILES string of the molecule is CC(CC(=O)O)NC(=O)C(C)N. The van der Waals surface area contributed by atoms with Gasteiger partial charge in [-0.15, -0.1) is 0 Å². The quantitative estimate of drug-likeness (QED) is 0.526. The van der Waals surface area contributed by atoms with Gasteiger partial charge in [0.15, 0.2) is 0 Å². The number of carbonyl (C=O) groups excluding carboxylic acids is 1. The minimum atomic E-state index is -0.938. The fourth-order valence-electron chi connectivity index (χ4n) is 0.687. The van der Waals surface area contributed by atoms with Crippen LogP contribution in [0, 0.1) is 0 Å². The first-order valence-corrected chi connectivity index (χ1v) is 3.71. The molecule has 5 heteroatoms. The van der Waals surface area contributed by atoms with E-state index in [1.807, 2.05) is 0 Å². The summed E-state index contributed by atoms with van der Waals surface area (Å²) >= 11 is 0. The second-order valence-corrected chi connectivity index (χ2v) is 2.80. The molecule has 0 aromatic rings. The zero-order valence-corrected chi connectivity index (χ0v) is 7.20. The standard InChI is InChI=1S/C7H14N2O3/c1-4(3-6(10)11)9-7(12)5(2)8/h4-5H,3,8H2,1-2H3,(H,9,12)(H,10,11). The Kier molecular flexibility index (Phi) is 4.28. The molecule has 0 rings (SSSR count). The summed E-state index contributed by atoms with van der Waals surface area (Å²) < 4.78 is 0. The van der Waals surface area contributed by atoms with Crippen LogP contribution in [0.1, 0.15) is 20.3 Å². The third-order valence-electron chi connectivity index (χ3n) is 1.28. The molecule has 0 bridgehead atoms. The van der Waals surface area contributed by atoms with Gasteiger partial charge in [0.05, 0.1) is 12.5 Å². The Balaban J connectivity index is 3.76. The maximum Gasteiger partial charge on any atom is 0.305 e. The van der Waals surface area contributed by atoms with E-state index in [9.17, 15) is 9.59 Å². The Hall–Kier alpha value is -1.10. The monoisotopic (exact) mass is 174 g/mol. The van der Waals surface area contributed by atoms with Crippen LogP contribution >= 0.6 is 0 Å². The lowest BCUT2D eigenvalue weighted by molar-refractivity contribution is -0.137. The molecule has 0 aliphatic heterocycles. The van der Waals surface area contributed by atoms with Crippen molar-refractivity contribution in [1.29, 1.82) is 0 Å². The first-order valence-electron chi connectivity index (χ1n) is 3.71. The van der Waals surface area contributed by atoms with Crippen molar-refractivity contribution < 1.29 is 14.7 Å². The molecule has 0 fully saturated rings. The van der Waals surface area contributed by atoms with Crippen LogP contribution in [0.2, 0.25) is 0 Å². The van der Waals surface area contributed by atoms with Crippen LogP contribution < -0.4 is 11.1 Å². The molecule has 0 heterocycles. The van der Waals surface area contributed by atoms with E-state index in [0.29, 0.717) is 0 Å². The average molecular weight is 174 g/mol. The van der Waals surface area contributed by atoms with Crippen LogP contribution in [-0.2, 0) is 9.59 Å². The van der Waals surface area contributed by atoms with Gasteiger partial charge in [0, 0.05) is 6.04 Å². The third-order valence-corrected chi connectivity index (χ3v) is 1.28. The predicted molar refractivity (Wildman–Crippen MR) is 43.5 cm³/mol. The van der Waals surface area contributed by atoms with E-state index in [-0.39, 0.29) is 18.4 Å². The molecule has 0 aromatic heterocycles. The molecule has 0 radical (unpaired) electrons. The van der Waals surface area contributed by atoms with Crippen molar-refractivity contribution in [3.8, 4) is 0 Å². The van der Waals surface area contributed by atoms with Crippen molar-refractivity contribution in [2.24, 2.45) is 5.73 Å². The Morgan fingerprint density at radius 3 is 2.33 bits per heavy atom.